The van der Waals surface area contributed by atoms with Gasteiger partial charge in [0, 0.05) is 19.3 Å². The quantitative estimate of drug-likeness (QED) is 0.101. The first kappa shape index (κ1) is 34.5. The molecule has 11 heteroatoms. The minimum absolute atomic E-state index is 0.532. The number of halogens is 6. The van der Waals surface area contributed by atoms with Crippen molar-refractivity contribution in [3.63, 3.8) is 0 Å². The molecule has 0 heterocycles. The van der Waals surface area contributed by atoms with Crippen molar-refractivity contribution in [1.82, 2.24) is 0 Å². The van der Waals surface area contributed by atoms with Gasteiger partial charge in [0.15, 0.2) is 17.5 Å². The molecule has 0 saturated carbocycles. The monoisotopic (exact) mass is 522 g/mol. The van der Waals surface area contributed by atoms with Crippen molar-refractivity contribution in [2.24, 2.45) is 0 Å². The molecule has 0 aliphatic carbocycles. The van der Waals surface area contributed by atoms with Gasteiger partial charge in [-0.1, -0.05) is 79.1 Å². The average Bonchev–Trinajstić information content (AvgIpc) is 2.68. The van der Waals surface area contributed by atoms with Crippen LogP contribution in [0.4, 0.5) is 25.2 Å². The summed E-state index contributed by atoms with van der Waals surface area (Å²) in [7, 11) is -12.8. The average molecular weight is 523 g/mol. The Bertz CT molecular complexity index is 439. The molecular formula is C21H46F6O3P2. The molecule has 0 aromatic heterocycles. The molecule has 0 aliphatic rings. The summed E-state index contributed by atoms with van der Waals surface area (Å²) in [5, 5.41) is 31.9. The minimum atomic E-state index is -10.7. The number of rotatable bonds is 17. The topological polar surface area (TPSA) is 60.7 Å². The molecule has 32 heavy (non-hydrogen) atoms. The summed E-state index contributed by atoms with van der Waals surface area (Å²) in [6.45, 7) is 8.14. The Hall–Kier alpha value is 0.320. The fourth-order valence-corrected chi connectivity index (χ4v) is 8.83. The summed E-state index contributed by atoms with van der Waals surface area (Å²) in [5.41, 5.74) is 0. The maximum atomic E-state index is 10.6. The van der Waals surface area contributed by atoms with E-state index in [-0.39, 0.29) is 0 Å². The predicted octanol–water partition coefficient (Wildman–Crippen LogP) is 9.49. The van der Waals surface area contributed by atoms with E-state index in [0.717, 1.165) is 19.0 Å². The first-order valence-electron chi connectivity index (χ1n) is 11.9. The SMILES string of the molecule is CCCCCCCCCCCC[P+](C(O)CC)(C(O)CC)C(O)CC.F[P-](F)(F)(F)(F)F. The Labute approximate surface area is 190 Å². The molecule has 3 nitrogen and oxygen atoms in total. The van der Waals surface area contributed by atoms with E-state index in [0.29, 0.717) is 19.3 Å². The number of hydrogen-bond acceptors (Lipinski definition) is 3. The summed E-state index contributed by atoms with van der Waals surface area (Å²) >= 11 is 0. The Morgan fingerprint density at radius 3 is 1.03 bits per heavy atom. The van der Waals surface area contributed by atoms with Gasteiger partial charge in [0.25, 0.3) is 0 Å². The zero-order valence-corrected chi connectivity index (χ0v) is 21.9. The zero-order valence-electron chi connectivity index (χ0n) is 20.1. The molecular weight excluding hydrogens is 476 g/mol. The summed E-state index contributed by atoms with van der Waals surface area (Å²) in [6.07, 6.45) is 15.5. The third-order valence-electron chi connectivity index (χ3n) is 5.66. The van der Waals surface area contributed by atoms with E-state index in [1.165, 1.54) is 51.4 Å². The predicted molar refractivity (Wildman–Crippen MR) is 126 cm³/mol. The van der Waals surface area contributed by atoms with E-state index in [2.05, 4.69) is 6.92 Å². The third kappa shape index (κ3) is 18.7. The van der Waals surface area contributed by atoms with Crippen LogP contribution in [0.2, 0.25) is 0 Å². The van der Waals surface area contributed by atoms with Gasteiger partial charge in [0.2, 0.25) is 0 Å². The normalized spacial score (nSPS) is 19.0. The summed E-state index contributed by atoms with van der Waals surface area (Å²) in [5.74, 6) is -1.59. The van der Waals surface area contributed by atoms with Crippen LogP contribution >= 0.6 is 15.1 Å². The van der Waals surface area contributed by atoms with Gasteiger partial charge in [-0.25, -0.2) is 0 Å². The first-order valence-corrected chi connectivity index (χ1v) is 16.1. The first-order chi connectivity index (χ1) is 14.5. The van der Waals surface area contributed by atoms with Gasteiger partial charge in [-0.15, -0.1) is 0 Å². The molecule has 0 aliphatic heterocycles. The molecule has 0 aromatic carbocycles. The number of unbranched alkanes of at least 4 members (excludes halogenated alkanes) is 9. The van der Waals surface area contributed by atoms with Crippen molar-refractivity contribution in [2.45, 2.75) is 129 Å². The molecule has 3 unspecified atom stereocenters. The Morgan fingerprint density at radius 1 is 0.531 bits per heavy atom. The Kier molecular flexibility index (Phi) is 15.8. The van der Waals surface area contributed by atoms with E-state index in [1.807, 2.05) is 20.8 Å². The van der Waals surface area contributed by atoms with Gasteiger partial charge in [-0.2, -0.15) is 0 Å². The van der Waals surface area contributed by atoms with E-state index < -0.39 is 32.6 Å². The van der Waals surface area contributed by atoms with Crippen LogP contribution in [0.25, 0.3) is 0 Å². The maximum absolute atomic E-state index is 10.7. The van der Waals surface area contributed by atoms with Crippen molar-refractivity contribution in [3.05, 3.63) is 0 Å². The van der Waals surface area contributed by atoms with Crippen LogP contribution in [-0.2, 0) is 0 Å². The van der Waals surface area contributed by atoms with Crippen LogP contribution < -0.4 is 0 Å². The van der Waals surface area contributed by atoms with Gasteiger partial charge in [0.05, 0.1) is 6.16 Å². The molecule has 0 radical (unpaired) electrons. The van der Waals surface area contributed by atoms with E-state index >= 15 is 0 Å². The molecule has 0 amide bonds. The van der Waals surface area contributed by atoms with E-state index in [9.17, 15) is 40.5 Å². The van der Waals surface area contributed by atoms with Crippen LogP contribution in [0, 0.1) is 0 Å². The molecule has 0 spiro atoms. The molecule has 3 atom stereocenters. The second-order valence-corrected chi connectivity index (χ2v) is 14.7. The summed E-state index contributed by atoms with van der Waals surface area (Å²) < 4.78 is 59.2. The van der Waals surface area contributed by atoms with Crippen LogP contribution in [-0.4, -0.2) is 39.0 Å². The Morgan fingerprint density at radius 2 is 0.781 bits per heavy atom. The van der Waals surface area contributed by atoms with Gasteiger partial charge in [0.1, 0.15) is 7.26 Å². The van der Waals surface area contributed by atoms with Gasteiger partial charge in [-0.05, 0) is 12.8 Å². The van der Waals surface area contributed by atoms with E-state index in [1.54, 1.807) is 0 Å². The second-order valence-electron chi connectivity index (χ2n) is 8.53. The van der Waals surface area contributed by atoms with Gasteiger partial charge < -0.3 is 15.3 Å². The van der Waals surface area contributed by atoms with Gasteiger partial charge >= 0.3 is 33.0 Å². The molecule has 3 N–H and O–H groups in total. The molecule has 0 bridgehead atoms. The summed E-state index contributed by atoms with van der Waals surface area (Å²) in [4.78, 5) is 0. The van der Waals surface area contributed by atoms with Crippen molar-refractivity contribution >= 4 is 15.1 Å². The van der Waals surface area contributed by atoms with Crippen molar-refractivity contribution in [1.29, 1.82) is 0 Å². The van der Waals surface area contributed by atoms with Crippen molar-refractivity contribution < 1.29 is 40.5 Å². The number of aliphatic hydroxyl groups is 3. The number of aliphatic hydroxyl groups excluding tert-OH is 3. The van der Waals surface area contributed by atoms with Crippen molar-refractivity contribution in [2.75, 3.05) is 6.16 Å². The van der Waals surface area contributed by atoms with Crippen LogP contribution in [0.5, 0.6) is 0 Å². The van der Waals surface area contributed by atoms with E-state index in [4.69, 9.17) is 0 Å². The van der Waals surface area contributed by atoms with Gasteiger partial charge in [-0.3, -0.25) is 0 Å². The van der Waals surface area contributed by atoms with Crippen LogP contribution in [0.1, 0.15) is 111 Å². The molecule has 0 rings (SSSR count). The fourth-order valence-electron chi connectivity index (χ4n) is 3.94. The standard InChI is InChI=1S/C21H46O3P.F6P/c1-5-9-10-11-12-13-14-15-16-17-18-25(19(22)6-2,20(23)7-3)21(24)8-4;1-7(2,3,4,5)6/h19-24H,5-18H2,1-4H3;/q+1;-1. The van der Waals surface area contributed by atoms with Crippen molar-refractivity contribution in [3.8, 4) is 0 Å². The third-order valence-corrected chi connectivity index (χ3v) is 11.2. The number of hydrogen-bond donors (Lipinski definition) is 3. The van der Waals surface area contributed by atoms with Crippen LogP contribution in [0.15, 0.2) is 0 Å². The molecule has 0 fully saturated rings. The fraction of sp³-hybridized carbons (Fsp3) is 1.00. The van der Waals surface area contributed by atoms with Crippen LogP contribution in [0.3, 0.4) is 0 Å². The molecule has 0 aromatic rings. The Balaban J connectivity index is 0. The molecule has 0 saturated heterocycles. The molecule has 200 valence electrons. The second kappa shape index (κ2) is 14.7. The zero-order chi connectivity index (χ0) is 25.5. The summed E-state index contributed by atoms with van der Waals surface area (Å²) in [6, 6.07) is 0.